The van der Waals surface area contributed by atoms with Gasteiger partial charge in [0.15, 0.2) is 8.32 Å². The second-order valence-electron chi connectivity index (χ2n) is 13.2. The summed E-state index contributed by atoms with van der Waals surface area (Å²) in [6.07, 6.45) is 4.76. The Labute approximate surface area is 231 Å². The zero-order valence-electron chi connectivity index (χ0n) is 24.3. The summed E-state index contributed by atoms with van der Waals surface area (Å²) in [7, 11) is -2.01. The van der Waals surface area contributed by atoms with Gasteiger partial charge >= 0.3 is 0 Å². The third kappa shape index (κ3) is 6.33. The van der Waals surface area contributed by atoms with Gasteiger partial charge in [-0.2, -0.15) is 0 Å². The van der Waals surface area contributed by atoms with Gasteiger partial charge in [-0.3, -0.25) is 4.98 Å². The van der Waals surface area contributed by atoms with E-state index in [1.54, 1.807) is 39.2 Å². The van der Waals surface area contributed by atoms with Crippen LogP contribution in [-0.2, 0) is 23.0 Å². The smallest absolute Gasteiger partial charge is 0.192 e. The molecule has 1 N–H and O–H groups in total. The van der Waals surface area contributed by atoms with E-state index in [9.17, 15) is 8.78 Å². The number of aromatic nitrogens is 1. The van der Waals surface area contributed by atoms with Crippen molar-refractivity contribution in [1.82, 2.24) is 10.3 Å². The first-order valence-corrected chi connectivity index (χ1v) is 16.6. The van der Waals surface area contributed by atoms with Crippen molar-refractivity contribution in [1.29, 1.82) is 0 Å². The second-order valence-corrected chi connectivity index (χ2v) is 18.0. The minimum Gasteiger partial charge on any atom is -0.489 e. The average molecular weight is 559 g/mol. The highest BCUT2D eigenvalue weighted by molar-refractivity contribution is 6.74. The molecule has 2 aromatic carbocycles. The zero-order valence-corrected chi connectivity index (χ0v) is 25.3. The van der Waals surface area contributed by atoms with Crippen molar-refractivity contribution in [2.24, 2.45) is 0 Å². The Bertz CT molecular complexity index is 1330. The van der Waals surface area contributed by atoms with Crippen molar-refractivity contribution in [2.45, 2.75) is 103 Å². The molecule has 4 nitrogen and oxygen atoms in total. The predicted octanol–water partition coefficient (Wildman–Crippen LogP) is 8.17. The molecule has 0 spiro atoms. The largest absolute Gasteiger partial charge is 0.489 e. The summed E-state index contributed by atoms with van der Waals surface area (Å²) in [6, 6.07) is 5.85. The molecular weight excluding hydrogens is 517 g/mol. The Morgan fingerprint density at radius 1 is 0.949 bits per heavy atom. The molecule has 0 unspecified atom stereocenters. The molecule has 1 aliphatic carbocycles. The van der Waals surface area contributed by atoms with E-state index in [-0.39, 0.29) is 34.3 Å². The van der Waals surface area contributed by atoms with Crippen molar-refractivity contribution in [3.63, 3.8) is 0 Å². The van der Waals surface area contributed by atoms with Gasteiger partial charge in [-0.05, 0) is 59.5 Å². The molecule has 4 rings (SSSR count). The zero-order chi connectivity index (χ0) is 28.8. The maximum Gasteiger partial charge on any atom is 0.192 e. The standard InChI is InChI=1S/C31H41F3N2O2Si/c1-30(2,3)29-25(33)14-20(15-26(29)34)38-28-10-9-27(28)36-17-23-21-11-12-35-16-22(21)19(13-24(23)32)18-37-39(7,8)31(4,5)6/h11-16,27-28,36H,9-10,17-18H2,1-8H3/t27-,28-/m1/s1. The summed E-state index contributed by atoms with van der Waals surface area (Å²) in [4.78, 5) is 4.29. The lowest BCUT2D eigenvalue weighted by molar-refractivity contribution is 0.0710. The number of nitrogens with one attached hydrogen (secondary N) is 1. The fourth-order valence-electron chi connectivity index (χ4n) is 4.72. The minimum atomic E-state index is -2.01. The van der Waals surface area contributed by atoms with Crippen LogP contribution in [-0.4, -0.2) is 25.4 Å². The predicted molar refractivity (Wildman–Crippen MR) is 153 cm³/mol. The molecule has 2 atom stereocenters. The molecule has 1 aromatic heterocycles. The lowest BCUT2D eigenvalue weighted by Gasteiger charge is -2.37. The first-order valence-electron chi connectivity index (χ1n) is 13.7. The molecule has 0 radical (unpaired) electrons. The molecule has 0 bridgehead atoms. The molecule has 0 amide bonds. The normalized spacial score (nSPS) is 18.3. The van der Waals surface area contributed by atoms with Crippen molar-refractivity contribution in [3.8, 4) is 5.75 Å². The topological polar surface area (TPSA) is 43.4 Å². The van der Waals surface area contributed by atoms with Gasteiger partial charge in [0, 0.05) is 53.6 Å². The van der Waals surface area contributed by atoms with Gasteiger partial charge in [-0.1, -0.05) is 41.5 Å². The molecule has 8 heteroatoms. The van der Waals surface area contributed by atoms with Gasteiger partial charge in [-0.15, -0.1) is 0 Å². The maximum absolute atomic E-state index is 15.5. The van der Waals surface area contributed by atoms with Crippen molar-refractivity contribution in [2.75, 3.05) is 0 Å². The summed E-state index contributed by atoms with van der Waals surface area (Å²) in [6.45, 7) is 16.9. The van der Waals surface area contributed by atoms with E-state index >= 15 is 4.39 Å². The van der Waals surface area contributed by atoms with Crippen LogP contribution in [0.1, 0.15) is 71.1 Å². The van der Waals surface area contributed by atoms with Gasteiger partial charge in [0.05, 0.1) is 6.61 Å². The minimum absolute atomic E-state index is 0.0492. The van der Waals surface area contributed by atoms with Crippen LogP contribution in [0.15, 0.2) is 36.7 Å². The maximum atomic E-state index is 15.5. The summed E-state index contributed by atoms with van der Waals surface area (Å²) < 4.78 is 57.1. The van der Waals surface area contributed by atoms with Crippen LogP contribution in [0.4, 0.5) is 13.2 Å². The molecule has 1 aliphatic rings. The van der Waals surface area contributed by atoms with Crippen LogP contribution in [0.2, 0.25) is 18.1 Å². The molecule has 0 saturated heterocycles. The molecule has 0 aliphatic heterocycles. The Morgan fingerprint density at radius 3 is 2.18 bits per heavy atom. The van der Waals surface area contributed by atoms with Crippen LogP contribution in [0.5, 0.6) is 5.75 Å². The number of halogens is 3. The van der Waals surface area contributed by atoms with Gasteiger partial charge in [0.2, 0.25) is 0 Å². The van der Waals surface area contributed by atoms with Crippen LogP contribution >= 0.6 is 0 Å². The average Bonchev–Trinajstić information content (AvgIpc) is 2.80. The number of hydrogen-bond donors (Lipinski definition) is 1. The first-order chi connectivity index (χ1) is 18.1. The number of ether oxygens (including phenoxy) is 1. The SMILES string of the molecule is CC(C)(C)c1c(F)cc(O[C@@H]2CC[C@H]2NCc2c(F)cc(CO[Si](C)(C)C(C)(C)C)c3cnccc23)cc1F. The third-order valence-corrected chi connectivity index (χ3v) is 12.8. The van der Waals surface area contributed by atoms with Crippen LogP contribution in [0.25, 0.3) is 10.8 Å². The second kappa shape index (κ2) is 10.9. The van der Waals surface area contributed by atoms with E-state index in [0.29, 0.717) is 18.7 Å². The summed E-state index contributed by atoms with van der Waals surface area (Å²) >= 11 is 0. The van der Waals surface area contributed by atoms with Crippen molar-refractivity contribution >= 4 is 19.1 Å². The fourth-order valence-corrected chi connectivity index (χ4v) is 5.67. The monoisotopic (exact) mass is 558 g/mol. The highest BCUT2D eigenvalue weighted by Gasteiger charge is 2.37. The molecule has 39 heavy (non-hydrogen) atoms. The van der Waals surface area contributed by atoms with E-state index in [2.05, 4.69) is 44.2 Å². The van der Waals surface area contributed by atoms with Crippen LogP contribution in [0, 0.1) is 17.5 Å². The van der Waals surface area contributed by atoms with Crippen molar-refractivity contribution in [3.05, 3.63) is 70.8 Å². The molecule has 212 valence electrons. The Morgan fingerprint density at radius 2 is 1.62 bits per heavy atom. The van der Waals surface area contributed by atoms with Gasteiger partial charge in [0.1, 0.15) is 29.3 Å². The Kier molecular flexibility index (Phi) is 8.23. The van der Waals surface area contributed by atoms with E-state index in [0.717, 1.165) is 29.2 Å². The number of nitrogens with zero attached hydrogens (tertiary/aromatic N) is 1. The highest BCUT2D eigenvalue weighted by Crippen LogP contribution is 2.38. The number of pyridine rings is 1. The van der Waals surface area contributed by atoms with Crippen LogP contribution in [0.3, 0.4) is 0 Å². The lowest BCUT2D eigenvalue weighted by atomic mass is 9.86. The highest BCUT2D eigenvalue weighted by atomic mass is 28.4. The molecule has 1 heterocycles. The molecule has 1 saturated carbocycles. The van der Waals surface area contributed by atoms with E-state index in [1.165, 1.54) is 12.1 Å². The van der Waals surface area contributed by atoms with Gasteiger partial charge < -0.3 is 14.5 Å². The van der Waals surface area contributed by atoms with Gasteiger partial charge in [0.25, 0.3) is 0 Å². The van der Waals surface area contributed by atoms with Gasteiger partial charge in [-0.25, -0.2) is 13.2 Å². The number of hydrogen-bond acceptors (Lipinski definition) is 4. The Balaban J connectivity index is 1.47. The molecular formula is C31H41F3N2O2Si. The summed E-state index contributed by atoms with van der Waals surface area (Å²) in [5.41, 5.74) is 0.743. The Hall–Kier alpha value is -2.42. The summed E-state index contributed by atoms with van der Waals surface area (Å²) in [5, 5.41) is 5.13. The first kappa shape index (κ1) is 29.6. The van der Waals surface area contributed by atoms with Crippen molar-refractivity contribution < 1.29 is 22.3 Å². The summed E-state index contributed by atoms with van der Waals surface area (Å²) in [5.74, 6) is -1.35. The quantitative estimate of drug-likeness (QED) is 0.283. The third-order valence-electron chi connectivity index (χ3n) is 8.28. The number of benzene rings is 2. The lowest BCUT2D eigenvalue weighted by Crippen LogP contribution is -2.50. The fraction of sp³-hybridized carbons (Fsp3) is 0.516. The van der Waals surface area contributed by atoms with E-state index in [4.69, 9.17) is 9.16 Å². The van der Waals surface area contributed by atoms with E-state index in [1.807, 2.05) is 6.07 Å². The van der Waals surface area contributed by atoms with Crippen LogP contribution < -0.4 is 10.1 Å². The number of rotatable bonds is 8. The molecule has 3 aromatic rings. The number of fused-ring (bicyclic) bond motifs is 1. The molecule has 1 fully saturated rings. The van der Waals surface area contributed by atoms with E-state index < -0.39 is 25.4 Å².